The lowest BCUT2D eigenvalue weighted by molar-refractivity contribution is 0.0633. The molecule has 2 fully saturated rings. The van der Waals surface area contributed by atoms with Crippen molar-refractivity contribution in [2.75, 3.05) is 13.1 Å². The smallest absolute Gasteiger partial charge is 0.0628 e. The average molecular weight is 194 g/mol. The summed E-state index contributed by atoms with van der Waals surface area (Å²) < 4.78 is 0. The van der Waals surface area contributed by atoms with E-state index in [0.29, 0.717) is 0 Å². The van der Waals surface area contributed by atoms with E-state index >= 15 is 0 Å². The van der Waals surface area contributed by atoms with Crippen LogP contribution >= 0.6 is 0 Å². The van der Waals surface area contributed by atoms with Crippen molar-refractivity contribution in [3.8, 4) is 0 Å². The Balaban J connectivity index is 1.74. The van der Waals surface area contributed by atoms with Gasteiger partial charge in [-0.1, -0.05) is 12.0 Å². The van der Waals surface area contributed by atoms with Crippen molar-refractivity contribution in [3.05, 3.63) is 10.4 Å². The first kappa shape index (κ1) is 9.81. The second-order valence-electron chi connectivity index (χ2n) is 4.73. The molecule has 1 heterocycles. The Hall–Kier alpha value is -0.730. The fourth-order valence-electron chi connectivity index (χ4n) is 2.54. The Morgan fingerprint density at radius 1 is 1.21 bits per heavy atom. The molecule has 0 atom stereocenters. The van der Waals surface area contributed by atoms with Crippen molar-refractivity contribution in [1.29, 1.82) is 0 Å². The quantitative estimate of drug-likeness (QED) is 0.378. The Kier molecular flexibility index (Phi) is 2.94. The minimum absolute atomic E-state index is 0.249. The lowest BCUT2D eigenvalue weighted by Gasteiger charge is -2.44. The molecule has 1 saturated heterocycles. The summed E-state index contributed by atoms with van der Waals surface area (Å²) >= 11 is 0. The first-order valence-corrected chi connectivity index (χ1v) is 5.58. The maximum Gasteiger partial charge on any atom is 0.0628 e. The Morgan fingerprint density at radius 3 is 2.43 bits per heavy atom. The number of likely N-dealkylation sites (tertiary alicyclic amines) is 1. The van der Waals surface area contributed by atoms with Gasteiger partial charge in [-0.15, -0.1) is 0 Å². The first-order chi connectivity index (χ1) is 6.79. The van der Waals surface area contributed by atoms with Crippen molar-refractivity contribution in [3.63, 3.8) is 0 Å². The summed E-state index contributed by atoms with van der Waals surface area (Å²) in [6.07, 6.45) is 5.41. The van der Waals surface area contributed by atoms with E-state index in [0.717, 1.165) is 25.0 Å². The van der Waals surface area contributed by atoms with Gasteiger partial charge in [0.1, 0.15) is 0 Å². The second kappa shape index (κ2) is 4.20. The van der Waals surface area contributed by atoms with Crippen molar-refractivity contribution < 1.29 is 0 Å². The molecule has 1 aliphatic carbocycles. The van der Waals surface area contributed by atoms with Gasteiger partial charge in [0.05, 0.1) is 6.04 Å². The molecular formula is C10H18N4. The van der Waals surface area contributed by atoms with E-state index in [9.17, 15) is 0 Å². The maximum absolute atomic E-state index is 8.27. The Morgan fingerprint density at radius 2 is 1.86 bits per heavy atom. The topological polar surface area (TPSA) is 52.0 Å². The van der Waals surface area contributed by atoms with Crippen molar-refractivity contribution in [2.45, 2.75) is 44.7 Å². The molecule has 14 heavy (non-hydrogen) atoms. The third-order valence-corrected chi connectivity index (χ3v) is 3.61. The van der Waals surface area contributed by atoms with Crippen LogP contribution in [0.5, 0.6) is 0 Å². The van der Waals surface area contributed by atoms with E-state index in [-0.39, 0.29) is 6.04 Å². The lowest BCUT2D eigenvalue weighted by atomic mass is 9.85. The van der Waals surface area contributed by atoms with Gasteiger partial charge in [-0.3, -0.25) is 4.90 Å². The fraction of sp³-hybridized carbons (Fsp3) is 1.00. The third kappa shape index (κ3) is 2.02. The van der Waals surface area contributed by atoms with E-state index < -0.39 is 0 Å². The lowest BCUT2D eigenvalue weighted by Crippen LogP contribution is -2.55. The third-order valence-electron chi connectivity index (χ3n) is 3.61. The van der Waals surface area contributed by atoms with Crippen LogP contribution in [0.3, 0.4) is 0 Å². The molecule has 78 valence electrons. The molecule has 0 aromatic carbocycles. The van der Waals surface area contributed by atoms with E-state index in [1.54, 1.807) is 0 Å². The summed E-state index contributed by atoms with van der Waals surface area (Å²) in [5.41, 5.74) is 8.27. The number of hydrogen-bond acceptors (Lipinski definition) is 2. The van der Waals surface area contributed by atoms with Gasteiger partial charge in [0.15, 0.2) is 0 Å². The summed E-state index contributed by atoms with van der Waals surface area (Å²) in [6, 6.07) is 1.02. The zero-order valence-electron chi connectivity index (χ0n) is 8.76. The molecule has 2 aliphatic rings. The molecule has 0 aromatic rings. The standard InChI is InChI=1S/C10H18N4/c1-8-2-4-10(5-3-8)14-6-9(7-14)12-13-11/h8-10H,2-7H2,1H3. The van der Waals surface area contributed by atoms with Gasteiger partial charge in [-0.25, -0.2) is 0 Å². The maximum atomic E-state index is 8.27. The number of hydrogen-bond donors (Lipinski definition) is 0. The summed E-state index contributed by atoms with van der Waals surface area (Å²) in [4.78, 5) is 5.33. The molecule has 4 nitrogen and oxygen atoms in total. The molecule has 0 N–H and O–H groups in total. The summed E-state index contributed by atoms with van der Waals surface area (Å²) in [5.74, 6) is 0.917. The van der Waals surface area contributed by atoms with Crippen LogP contribution in [-0.4, -0.2) is 30.1 Å². The zero-order valence-corrected chi connectivity index (χ0v) is 8.76. The van der Waals surface area contributed by atoms with E-state index in [1.165, 1.54) is 25.7 Å². The highest BCUT2D eigenvalue weighted by atomic mass is 15.3. The molecule has 0 amide bonds. The minimum Gasteiger partial charge on any atom is -0.299 e. The summed E-state index contributed by atoms with van der Waals surface area (Å²) in [7, 11) is 0. The van der Waals surface area contributed by atoms with Gasteiger partial charge in [0, 0.05) is 24.0 Å². The fourth-order valence-corrected chi connectivity index (χ4v) is 2.54. The highest BCUT2D eigenvalue weighted by Crippen LogP contribution is 2.30. The van der Waals surface area contributed by atoms with E-state index in [1.807, 2.05) is 0 Å². The van der Waals surface area contributed by atoms with Crippen molar-refractivity contribution in [2.24, 2.45) is 11.0 Å². The second-order valence-corrected chi connectivity index (χ2v) is 4.73. The molecule has 1 saturated carbocycles. The van der Waals surface area contributed by atoms with Gasteiger partial charge in [-0.05, 0) is 37.1 Å². The van der Waals surface area contributed by atoms with Crippen LogP contribution in [0.15, 0.2) is 5.11 Å². The highest BCUT2D eigenvalue weighted by molar-refractivity contribution is 4.91. The van der Waals surface area contributed by atoms with E-state index in [4.69, 9.17) is 5.53 Å². The molecule has 0 aromatic heterocycles. The molecule has 0 spiro atoms. The highest BCUT2D eigenvalue weighted by Gasteiger charge is 2.32. The van der Waals surface area contributed by atoms with Crippen molar-refractivity contribution >= 4 is 0 Å². The summed E-state index contributed by atoms with van der Waals surface area (Å²) in [6.45, 7) is 4.32. The van der Waals surface area contributed by atoms with Crippen molar-refractivity contribution in [1.82, 2.24) is 4.90 Å². The van der Waals surface area contributed by atoms with Crippen LogP contribution in [0.4, 0.5) is 0 Å². The Labute approximate surface area is 84.9 Å². The van der Waals surface area contributed by atoms with Crippen LogP contribution in [0.2, 0.25) is 0 Å². The van der Waals surface area contributed by atoms with Gasteiger partial charge >= 0.3 is 0 Å². The molecule has 4 heteroatoms. The molecule has 0 bridgehead atoms. The predicted octanol–water partition coefficient (Wildman–Crippen LogP) is 2.56. The average Bonchev–Trinajstić information content (AvgIpc) is 2.13. The van der Waals surface area contributed by atoms with E-state index in [2.05, 4.69) is 21.8 Å². The SMILES string of the molecule is CC1CCC(N2CC(N=[N+]=[N-])C2)CC1. The van der Waals surface area contributed by atoms with Gasteiger partial charge < -0.3 is 0 Å². The first-order valence-electron chi connectivity index (χ1n) is 5.58. The predicted molar refractivity (Wildman–Crippen MR) is 55.9 cm³/mol. The number of rotatable bonds is 2. The zero-order chi connectivity index (χ0) is 9.97. The monoisotopic (exact) mass is 194 g/mol. The molecule has 2 rings (SSSR count). The van der Waals surface area contributed by atoms with Crippen LogP contribution in [0, 0.1) is 5.92 Å². The van der Waals surface area contributed by atoms with Crippen LogP contribution in [0.1, 0.15) is 32.6 Å². The van der Waals surface area contributed by atoms with Crippen LogP contribution in [-0.2, 0) is 0 Å². The van der Waals surface area contributed by atoms with Gasteiger partial charge in [0.2, 0.25) is 0 Å². The van der Waals surface area contributed by atoms with Gasteiger partial charge in [0.25, 0.3) is 0 Å². The van der Waals surface area contributed by atoms with Crippen LogP contribution < -0.4 is 0 Å². The minimum atomic E-state index is 0.249. The molecule has 0 unspecified atom stereocenters. The molecule has 1 aliphatic heterocycles. The normalized spacial score (nSPS) is 34.6. The molecule has 0 radical (unpaired) electrons. The number of nitrogens with zero attached hydrogens (tertiary/aromatic N) is 4. The number of azide groups is 1. The largest absolute Gasteiger partial charge is 0.299 e. The summed E-state index contributed by atoms with van der Waals surface area (Å²) in [5, 5.41) is 3.73. The Bertz CT molecular complexity index is 233. The van der Waals surface area contributed by atoms with Gasteiger partial charge in [-0.2, -0.15) is 0 Å². The van der Waals surface area contributed by atoms with Crippen LogP contribution in [0.25, 0.3) is 10.4 Å². The molecular weight excluding hydrogens is 176 g/mol.